The zero-order valence-corrected chi connectivity index (χ0v) is 9.45. The molecule has 2 N–H and O–H groups in total. The van der Waals surface area contributed by atoms with Crippen molar-refractivity contribution in [2.75, 3.05) is 6.67 Å². The molecule has 0 fully saturated rings. The quantitative estimate of drug-likeness (QED) is 0.833. The number of hydrogen-bond donors (Lipinski definition) is 1. The van der Waals surface area contributed by atoms with Gasteiger partial charge >= 0.3 is 12.4 Å². The van der Waals surface area contributed by atoms with Crippen molar-refractivity contribution in [2.24, 2.45) is 5.73 Å². The molecule has 0 aliphatic heterocycles. The molecule has 1 aromatic rings. The van der Waals surface area contributed by atoms with Gasteiger partial charge in [0, 0.05) is 6.04 Å². The van der Waals surface area contributed by atoms with Crippen LogP contribution in [0, 0.1) is 0 Å². The fourth-order valence-electron chi connectivity index (χ4n) is 1.58. The van der Waals surface area contributed by atoms with Crippen LogP contribution >= 0.6 is 0 Å². The lowest BCUT2D eigenvalue weighted by atomic mass is 9.96. The van der Waals surface area contributed by atoms with E-state index in [0.717, 1.165) is 0 Å². The Labute approximate surface area is 104 Å². The Morgan fingerprint density at radius 2 is 1.58 bits per heavy atom. The van der Waals surface area contributed by atoms with Crippen molar-refractivity contribution in [1.29, 1.82) is 0 Å². The Morgan fingerprint density at radius 3 is 2.00 bits per heavy atom. The Bertz CT molecular complexity index is 436. The van der Waals surface area contributed by atoms with Gasteiger partial charge in [-0.3, -0.25) is 4.39 Å². The van der Waals surface area contributed by atoms with Crippen LogP contribution < -0.4 is 5.73 Å². The van der Waals surface area contributed by atoms with Crippen LogP contribution in [0.5, 0.6) is 0 Å². The summed E-state index contributed by atoms with van der Waals surface area (Å²) < 4.78 is 87.4. The molecule has 0 saturated carbocycles. The molecule has 0 radical (unpaired) electrons. The van der Waals surface area contributed by atoms with Crippen LogP contribution in [-0.4, -0.2) is 6.67 Å². The molecule has 0 aliphatic carbocycles. The van der Waals surface area contributed by atoms with Crippen LogP contribution in [-0.2, 0) is 12.4 Å². The molecule has 0 bridgehead atoms. The van der Waals surface area contributed by atoms with Crippen molar-refractivity contribution in [3.63, 3.8) is 0 Å². The van der Waals surface area contributed by atoms with Crippen LogP contribution in [0.4, 0.5) is 30.7 Å². The Hall–Kier alpha value is -1.31. The standard InChI is InChI=1S/C11H10F7N/c12-4-3-9(19)7-5-6(10(13,14)15)1-2-8(7)11(16,17)18/h1-2,5,9H,3-4,19H2/t9-/m1/s1. The average Bonchev–Trinajstić information content (AvgIpc) is 2.26. The van der Waals surface area contributed by atoms with Crippen molar-refractivity contribution < 1.29 is 30.7 Å². The molecule has 19 heavy (non-hydrogen) atoms. The smallest absolute Gasteiger partial charge is 0.324 e. The molecule has 0 saturated heterocycles. The minimum absolute atomic E-state index is 0.316. The third kappa shape index (κ3) is 3.82. The zero-order valence-electron chi connectivity index (χ0n) is 9.45. The lowest BCUT2D eigenvalue weighted by Gasteiger charge is -2.19. The number of halogens is 7. The van der Waals surface area contributed by atoms with E-state index in [1.807, 2.05) is 0 Å². The number of hydrogen-bond acceptors (Lipinski definition) is 1. The van der Waals surface area contributed by atoms with Crippen molar-refractivity contribution >= 4 is 0 Å². The first-order chi connectivity index (χ1) is 8.57. The summed E-state index contributed by atoms with van der Waals surface area (Å²) in [4.78, 5) is 0. The van der Waals surface area contributed by atoms with Crippen LogP contribution in [0.1, 0.15) is 29.2 Å². The summed E-state index contributed by atoms with van der Waals surface area (Å²) in [5.74, 6) is 0. The fraction of sp³-hybridized carbons (Fsp3) is 0.455. The Balaban J connectivity index is 3.35. The molecule has 0 spiro atoms. The Kier molecular flexibility index (Phi) is 4.44. The summed E-state index contributed by atoms with van der Waals surface area (Å²) >= 11 is 0. The molecule has 8 heteroatoms. The normalized spacial score (nSPS) is 14.5. The third-order valence-corrected chi connectivity index (χ3v) is 2.50. The lowest BCUT2D eigenvalue weighted by Crippen LogP contribution is -2.19. The highest BCUT2D eigenvalue weighted by molar-refractivity contribution is 5.37. The van der Waals surface area contributed by atoms with Crippen LogP contribution in [0.25, 0.3) is 0 Å². The molecule has 1 rings (SSSR count). The molecule has 0 unspecified atom stereocenters. The van der Waals surface area contributed by atoms with Gasteiger partial charge in [0.25, 0.3) is 0 Å². The number of benzene rings is 1. The largest absolute Gasteiger partial charge is 0.416 e. The Morgan fingerprint density at radius 1 is 1.00 bits per heavy atom. The predicted molar refractivity (Wildman–Crippen MR) is 54.0 cm³/mol. The van der Waals surface area contributed by atoms with E-state index in [-0.39, 0.29) is 0 Å². The second-order valence-corrected chi connectivity index (χ2v) is 3.88. The van der Waals surface area contributed by atoms with Gasteiger partial charge in [0.15, 0.2) is 0 Å². The highest BCUT2D eigenvalue weighted by Crippen LogP contribution is 2.38. The molecule has 0 amide bonds. The van der Waals surface area contributed by atoms with Gasteiger partial charge in [-0.1, -0.05) is 0 Å². The van der Waals surface area contributed by atoms with Crippen molar-refractivity contribution in [2.45, 2.75) is 24.8 Å². The van der Waals surface area contributed by atoms with Crippen LogP contribution in [0.3, 0.4) is 0 Å². The maximum absolute atomic E-state index is 12.6. The average molecular weight is 289 g/mol. The van der Waals surface area contributed by atoms with E-state index in [1.165, 1.54) is 0 Å². The summed E-state index contributed by atoms with van der Waals surface area (Å²) in [7, 11) is 0. The van der Waals surface area contributed by atoms with Gasteiger partial charge in [-0.2, -0.15) is 26.3 Å². The highest BCUT2D eigenvalue weighted by atomic mass is 19.4. The maximum Gasteiger partial charge on any atom is 0.416 e. The van der Waals surface area contributed by atoms with Crippen molar-refractivity contribution in [3.8, 4) is 0 Å². The van der Waals surface area contributed by atoms with Gasteiger partial charge < -0.3 is 5.73 Å². The van der Waals surface area contributed by atoms with Gasteiger partial charge in [0.2, 0.25) is 0 Å². The molecule has 1 nitrogen and oxygen atoms in total. The number of alkyl halides is 7. The minimum atomic E-state index is -4.84. The highest BCUT2D eigenvalue weighted by Gasteiger charge is 2.37. The van der Waals surface area contributed by atoms with Gasteiger partial charge in [-0.05, 0) is 30.2 Å². The molecule has 0 heterocycles. The summed E-state index contributed by atoms with van der Waals surface area (Å²) in [5, 5.41) is 0. The first kappa shape index (κ1) is 15.7. The van der Waals surface area contributed by atoms with E-state index >= 15 is 0 Å². The monoisotopic (exact) mass is 289 g/mol. The SMILES string of the molecule is N[C@H](CCF)c1cc(C(F)(F)F)ccc1C(F)(F)F. The summed E-state index contributed by atoms with van der Waals surface area (Å²) in [6.07, 6.45) is -10.1. The van der Waals surface area contributed by atoms with Crippen molar-refractivity contribution in [1.82, 2.24) is 0 Å². The summed E-state index contributed by atoms with van der Waals surface area (Å²) in [6, 6.07) is -0.475. The molecular weight excluding hydrogens is 279 g/mol. The second-order valence-electron chi connectivity index (χ2n) is 3.88. The second kappa shape index (κ2) is 5.36. The third-order valence-electron chi connectivity index (χ3n) is 2.50. The van der Waals surface area contributed by atoms with Gasteiger partial charge in [-0.25, -0.2) is 0 Å². The lowest BCUT2D eigenvalue weighted by molar-refractivity contribution is -0.142. The molecule has 1 atom stereocenters. The first-order valence-corrected chi connectivity index (χ1v) is 5.17. The van der Waals surface area contributed by atoms with Gasteiger partial charge in [-0.15, -0.1) is 0 Å². The van der Waals surface area contributed by atoms with E-state index in [9.17, 15) is 30.7 Å². The summed E-state index contributed by atoms with van der Waals surface area (Å²) in [6.45, 7) is -1.02. The van der Waals surface area contributed by atoms with Crippen molar-refractivity contribution in [3.05, 3.63) is 34.9 Å². The van der Waals surface area contributed by atoms with E-state index in [1.54, 1.807) is 0 Å². The number of nitrogens with two attached hydrogens (primary N) is 1. The first-order valence-electron chi connectivity index (χ1n) is 5.17. The predicted octanol–water partition coefficient (Wildman–Crippen LogP) is 4.08. The van der Waals surface area contributed by atoms with E-state index in [2.05, 4.69) is 0 Å². The van der Waals surface area contributed by atoms with Gasteiger partial charge in [0.1, 0.15) is 0 Å². The van der Waals surface area contributed by atoms with E-state index in [0.29, 0.717) is 18.2 Å². The van der Waals surface area contributed by atoms with Gasteiger partial charge in [0.05, 0.1) is 17.8 Å². The topological polar surface area (TPSA) is 26.0 Å². The summed E-state index contributed by atoms with van der Waals surface area (Å²) in [5.41, 5.74) is 2.04. The maximum atomic E-state index is 12.6. The van der Waals surface area contributed by atoms with E-state index in [4.69, 9.17) is 5.73 Å². The number of rotatable bonds is 3. The molecule has 0 aliphatic rings. The van der Waals surface area contributed by atoms with Crippen LogP contribution in [0.15, 0.2) is 18.2 Å². The fourth-order valence-corrected chi connectivity index (χ4v) is 1.58. The van der Waals surface area contributed by atoms with Crippen LogP contribution in [0.2, 0.25) is 0 Å². The minimum Gasteiger partial charge on any atom is -0.324 e. The molecule has 1 aromatic carbocycles. The molecule has 0 aromatic heterocycles. The molecule has 108 valence electrons. The molecular formula is C11H10F7N. The van der Waals surface area contributed by atoms with E-state index < -0.39 is 48.2 Å². The zero-order chi connectivity index (χ0) is 14.8.